The summed E-state index contributed by atoms with van der Waals surface area (Å²) in [5.74, 6) is 0.755. The quantitative estimate of drug-likeness (QED) is 0.666. The Hall–Kier alpha value is -0.610. The lowest BCUT2D eigenvalue weighted by Crippen LogP contribution is -2.39. The van der Waals surface area contributed by atoms with Gasteiger partial charge in [-0.2, -0.15) is 0 Å². The third kappa shape index (κ3) is 4.10. The van der Waals surface area contributed by atoms with Crippen LogP contribution in [-0.4, -0.2) is 43.3 Å². The smallest absolute Gasteiger partial charge is 0.237 e. The second kappa shape index (κ2) is 6.86. The van der Waals surface area contributed by atoms with Crippen molar-refractivity contribution >= 4 is 5.91 Å². The molecule has 16 heavy (non-hydrogen) atoms. The van der Waals surface area contributed by atoms with E-state index in [-0.39, 0.29) is 12.1 Å². The molecule has 0 aromatic rings. The van der Waals surface area contributed by atoms with Crippen LogP contribution in [0.15, 0.2) is 0 Å². The first-order chi connectivity index (χ1) is 7.65. The fourth-order valence-electron chi connectivity index (χ4n) is 1.88. The molecule has 1 heterocycles. The van der Waals surface area contributed by atoms with Gasteiger partial charge in [0, 0.05) is 13.2 Å². The molecule has 0 aliphatic carbocycles. The molecule has 0 bridgehead atoms. The average molecular weight is 228 g/mol. The number of rotatable bonds is 7. The summed E-state index contributed by atoms with van der Waals surface area (Å²) < 4.78 is 5.51. The SMILES string of the molecule is CCCC1NCC(=O)N1CCOCC(C)C. The Balaban J connectivity index is 2.24. The van der Waals surface area contributed by atoms with Crippen LogP contribution in [0.1, 0.15) is 33.6 Å². The molecule has 1 N–H and O–H groups in total. The summed E-state index contributed by atoms with van der Waals surface area (Å²) in [4.78, 5) is 13.5. The summed E-state index contributed by atoms with van der Waals surface area (Å²) in [5, 5.41) is 3.23. The van der Waals surface area contributed by atoms with Crippen molar-refractivity contribution in [1.29, 1.82) is 0 Å². The van der Waals surface area contributed by atoms with Crippen LogP contribution in [0.2, 0.25) is 0 Å². The summed E-state index contributed by atoms with van der Waals surface area (Å²) in [6.45, 7) is 9.00. The molecule has 1 aliphatic rings. The molecule has 0 radical (unpaired) electrons. The van der Waals surface area contributed by atoms with E-state index in [1.54, 1.807) is 0 Å². The zero-order valence-corrected chi connectivity index (χ0v) is 10.7. The number of hydrogen-bond acceptors (Lipinski definition) is 3. The topological polar surface area (TPSA) is 41.6 Å². The molecule has 0 aromatic heterocycles. The Kier molecular flexibility index (Phi) is 5.77. The van der Waals surface area contributed by atoms with Crippen molar-refractivity contribution < 1.29 is 9.53 Å². The van der Waals surface area contributed by atoms with Crippen LogP contribution < -0.4 is 5.32 Å². The summed E-state index contributed by atoms with van der Waals surface area (Å²) >= 11 is 0. The number of hydrogen-bond donors (Lipinski definition) is 1. The molecule has 0 saturated carbocycles. The largest absolute Gasteiger partial charge is 0.379 e. The fraction of sp³-hybridized carbons (Fsp3) is 0.917. The van der Waals surface area contributed by atoms with Crippen molar-refractivity contribution in [3.63, 3.8) is 0 Å². The molecular weight excluding hydrogens is 204 g/mol. The Bertz CT molecular complexity index is 219. The number of ether oxygens (including phenoxy) is 1. The molecule has 1 amide bonds. The lowest BCUT2D eigenvalue weighted by molar-refractivity contribution is -0.128. The minimum absolute atomic E-state index is 0.201. The van der Waals surface area contributed by atoms with E-state index in [4.69, 9.17) is 4.74 Å². The Morgan fingerprint density at radius 3 is 2.94 bits per heavy atom. The summed E-state index contributed by atoms with van der Waals surface area (Å²) in [6, 6.07) is 0. The monoisotopic (exact) mass is 228 g/mol. The van der Waals surface area contributed by atoms with Crippen LogP contribution >= 0.6 is 0 Å². The molecule has 1 saturated heterocycles. The molecule has 0 aromatic carbocycles. The zero-order chi connectivity index (χ0) is 12.0. The zero-order valence-electron chi connectivity index (χ0n) is 10.7. The maximum Gasteiger partial charge on any atom is 0.237 e. The van der Waals surface area contributed by atoms with E-state index in [9.17, 15) is 4.79 Å². The lowest BCUT2D eigenvalue weighted by Gasteiger charge is -2.24. The number of nitrogens with zero attached hydrogens (tertiary/aromatic N) is 1. The lowest BCUT2D eigenvalue weighted by atomic mass is 10.2. The summed E-state index contributed by atoms with van der Waals surface area (Å²) in [5.41, 5.74) is 0. The number of carbonyl (C=O) groups excluding carboxylic acids is 1. The number of carbonyl (C=O) groups is 1. The van der Waals surface area contributed by atoms with Gasteiger partial charge in [-0.3, -0.25) is 10.1 Å². The van der Waals surface area contributed by atoms with Gasteiger partial charge in [0.2, 0.25) is 5.91 Å². The molecule has 4 nitrogen and oxygen atoms in total. The van der Waals surface area contributed by atoms with Crippen LogP contribution in [0.4, 0.5) is 0 Å². The first-order valence-electron chi connectivity index (χ1n) is 6.25. The van der Waals surface area contributed by atoms with E-state index in [1.165, 1.54) is 0 Å². The van der Waals surface area contributed by atoms with E-state index in [1.807, 2.05) is 4.90 Å². The van der Waals surface area contributed by atoms with Crippen LogP contribution in [-0.2, 0) is 9.53 Å². The molecule has 94 valence electrons. The van der Waals surface area contributed by atoms with Gasteiger partial charge < -0.3 is 9.64 Å². The Morgan fingerprint density at radius 2 is 2.31 bits per heavy atom. The van der Waals surface area contributed by atoms with Gasteiger partial charge in [-0.05, 0) is 12.3 Å². The molecule has 1 aliphatic heterocycles. The van der Waals surface area contributed by atoms with Crippen molar-refractivity contribution in [3.05, 3.63) is 0 Å². The molecule has 4 heteroatoms. The van der Waals surface area contributed by atoms with Gasteiger partial charge in [0.05, 0.1) is 19.3 Å². The molecule has 0 spiro atoms. The van der Waals surface area contributed by atoms with Gasteiger partial charge >= 0.3 is 0 Å². The van der Waals surface area contributed by atoms with E-state index >= 15 is 0 Å². The van der Waals surface area contributed by atoms with Gasteiger partial charge in [0.25, 0.3) is 0 Å². The third-order valence-electron chi connectivity index (χ3n) is 2.68. The molecule has 1 rings (SSSR count). The van der Waals surface area contributed by atoms with E-state index in [0.717, 1.165) is 19.4 Å². The maximum atomic E-state index is 11.6. The number of amides is 1. The highest BCUT2D eigenvalue weighted by atomic mass is 16.5. The molecular formula is C12H24N2O2. The predicted molar refractivity (Wildman–Crippen MR) is 64.1 cm³/mol. The van der Waals surface area contributed by atoms with Crippen LogP contribution in [0.3, 0.4) is 0 Å². The highest BCUT2D eigenvalue weighted by Crippen LogP contribution is 2.10. The molecule has 1 unspecified atom stereocenters. The number of nitrogens with one attached hydrogen (secondary N) is 1. The van der Waals surface area contributed by atoms with Crippen molar-refractivity contribution in [1.82, 2.24) is 10.2 Å². The van der Waals surface area contributed by atoms with Crippen molar-refractivity contribution in [2.45, 2.75) is 39.8 Å². The van der Waals surface area contributed by atoms with E-state index in [2.05, 4.69) is 26.1 Å². The van der Waals surface area contributed by atoms with Crippen molar-refractivity contribution in [2.24, 2.45) is 5.92 Å². The third-order valence-corrected chi connectivity index (χ3v) is 2.68. The Labute approximate surface area is 98.3 Å². The van der Waals surface area contributed by atoms with E-state index in [0.29, 0.717) is 25.6 Å². The second-order valence-electron chi connectivity index (χ2n) is 4.74. The Morgan fingerprint density at radius 1 is 1.56 bits per heavy atom. The first kappa shape index (κ1) is 13.5. The minimum Gasteiger partial charge on any atom is -0.379 e. The van der Waals surface area contributed by atoms with Gasteiger partial charge in [0.1, 0.15) is 0 Å². The normalized spacial score (nSPS) is 21.1. The first-order valence-corrected chi connectivity index (χ1v) is 6.25. The molecule has 1 fully saturated rings. The summed E-state index contributed by atoms with van der Waals surface area (Å²) in [6.07, 6.45) is 2.34. The highest BCUT2D eigenvalue weighted by Gasteiger charge is 2.28. The van der Waals surface area contributed by atoms with Gasteiger partial charge in [0.15, 0.2) is 0 Å². The van der Waals surface area contributed by atoms with Crippen molar-refractivity contribution in [2.75, 3.05) is 26.3 Å². The van der Waals surface area contributed by atoms with E-state index < -0.39 is 0 Å². The van der Waals surface area contributed by atoms with Crippen LogP contribution in [0, 0.1) is 5.92 Å². The van der Waals surface area contributed by atoms with Gasteiger partial charge in [-0.1, -0.05) is 27.2 Å². The maximum absolute atomic E-state index is 11.6. The summed E-state index contributed by atoms with van der Waals surface area (Å²) in [7, 11) is 0. The second-order valence-corrected chi connectivity index (χ2v) is 4.74. The van der Waals surface area contributed by atoms with Gasteiger partial charge in [-0.25, -0.2) is 0 Å². The molecule has 1 atom stereocenters. The fourth-order valence-corrected chi connectivity index (χ4v) is 1.88. The van der Waals surface area contributed by atoms with Crippen LogP contribution in [0.25, 0.3) is 0 Å². The van der Waals surface area contributed by atoms with Crippen molar-refractivity contribution in [3.8, 4) is 0 Å². The predicted octanol–water partition coefficient (Wildman–Crippen LogP) is 1.22. The highest BCUT2D eigenvalue weighted by molar-refractivity contribution is 5.80. The van der Waals surface area contributed by atoms with Crippen LogP contribution in [0.5, 0.6) is 0 Å². The standard InChI is InChI=1S/C12H24N2O2/c1-4-5-11-13-8-12(15)14(11)6-7-16-9-10(2)3/h10-11,13H,4-9H2,1-3H3. The average Bonchev–Trinajstić information content (AvgIpc) is 2.56. The minimum atomic E-state index is 0.201. The van der Waals surface area contributed by atoms with Gasteiger partial charge in [-0.15, -0.1) is 0 Å².